The Labute approximate surface area is 164 Å². The summed E-state index contributed by atoms with van der Waals surface area (Å²) in [6.07, 6.45) is -0.625. The van der Waals surface area contributed by atoms with E-state index in [1.807, 2.05) is 6.92 Å². The topological polar surface area (TPSA) is 92.6 Å². The number of carbonyl (C=O) groups is 1. The molecule has 3 heterocycles. The Balaban J connectivity index is 1.74. The van der Waals surface area contributed by atoms with Crippen LogP contribution in [0.5, 0.6) is 5.88 Å². The Hall–Kier alpha value is -3.24. The molecular formula is C18H19F3N6O2. The number of hydrazone groups is 1. The molecule has 3 rings (SSSR count). The van der Waals surface area contributed by atoms with Gasteiger partial charge in [0, 0.05) is 19.5 Å². The van der Waals surface area contributed by atoms with Crippen molar-refractivity contribution in [1.82, 2.24) is 19.9 Å². The van der Waals surface area contributed by atoms with Crippen molar-refractivity contribution >= 4 is 18.4 Å². The third kappa shape index (κ3) is 4.61. The first-order valence-electron chi connectivity index (χ1n) is 8.85. The van der Waals surface area contributed by atoms with Crippen molar-refractivity contribution in [2.45, 2.75) is 38.1 Å². The number of rotatable bonds is 5. The second-order valence-electron chi connectivity index (χ2n) is 6.44. The Morgan fingerprint density at radius 2 is 2.14 bits per heavy atom. The molecule has 1 aliphatic rings. The Morgan fingerprint density at radius 3 is 2.79 bits per heavy atom. The smallest absolute Gasteiger partial charge is 0.434 e. The molecule has 2 atom stereocenters. The summed E-state index contributed by atoms with van der Waals surface area (Å²) in [5.41, 5.74) is 1.84. The number of amides is 1. The molecule has 11 heteroatoms. The van der Waals surface area contributed by atoms with Crippen molar-refractivity contribution in [3.8, 4) is 5.88 Å². The number of pyridine rings is 1. The fraction of sp³-hybridized carbons (Fsp3) is 0.389. The van der Waals surface area contributed by atoms with Crippen LogP contribution in [0, 0.1) is 0 Å². The van der Waals surface area contributed by atoms with Crippen LogP contribution in [0.2, 0.25) is 0 Å². The number of hydrogen-bond donors (Lipinski definition) is 1. The molecule has 0 bridgehead atoms. The molecule has 0 radical (unpaired) electrons. The Bertz CT molecular complexity index is 875. The van der Waals surface area contributed by atoms with E-state index in [9.17, 15) is 18.0 Å². The lowest BCUT2D eigenvalue weighted by Crippen LogP contribution is -2.51. The third-order valence-corrected chi connectivity index (χ3v) is 4.59. The summed E-state index contributed by atoms with van der Waals surface area (Å²) in [5, 5.41) is 3.56. The van der Waals surface area contributed by atoms with Crippen molar-refractivity contribution in [2.24, 2.45) is 5.10 Å². The lowest BCUT2D eigenvalue weighted by atomic mass is 9.99. The van der Waals surface area contributed by atoms with Gasteiger partial charge in [0.05, 0.1) is 24.0 Å². The number of halogens is 3. The molecule has 1 aliphatic heterocycles. The number of ether oxygens (including phenoxy) is 1. The van der Waals surface area contributed by atoms with Crippen molar-refractivity contribution in [3.05, 3.63) is 42.0 Å². The number of nitrogens with one attached hydrogen (secondary N) is 1. The average Bonchev–Trinajstić information content (AvgIpc) is 2.69. The molecule has 2 aromatic rings. The number of piperidine rings is 1. The van der Waals surface area contributed by atoms with Gasteiger partial charge in [0.25, 0.3) is 5.91 Å². The molecule has 1 amide bonds. The third-order valence-electron chi connectivity index (χ3n) is 4.59. The SMILES string of the molecule is C=NNc1ncccc1C(=O)N1CCC[C@@H](Oc2cnc(C(F)(F)F)cn2)[C@@H]1C. The monoisotopic (exact) mass is 408 g/mol. The van der Waals surface area contributed by atoms with E-state index in [4.69, 9.17) is 4.74 Å². The highest BCUT2D eigenvalue weighted by Crippen LogP contribution is 2.28. The fourth-order valence-corrected chi connectivity index (χ4v) is 3.13. The predicted octanol–water partition coefficient (Wildman–Crippen LogP) is 2.99. The van der Waals surface area contributed by atoms with Crippen LogP contribution in [0.1, 0.15) is 35.8 Å². The second kappa shape index (κ2) is 8.41. The van der Waals surface area contributed by atoms with Crippen molar-refractivity contribution in [2.75, 3.05) is 12.0 Å². The molecular weight excluding hydrogens is 389 g/mol. The highest BCUT2D eigenvalue weighted by Gasteiger charge is 2.35. The summed E-state index contributed by atoms with van der Waals surface area (Å²) >= 11 is 0. The minimum absolute atomic E-state index is 0.0243. The summed E-state index contributed by atoms with van der Waals surface area (Å²) in [5.74, 6) is 0.00337. The van der Waals surface area contributed by atoms with Gasteiger partial charge in [0.15, 0.2) is 11.5 Å². The van der Waals surface area contributed by atoms with Crippen LogP contribution in [0.4, 0.5) is 19.0 Å². The van der Waals surface area contributed by atoms with Crippen LogP contribution in [-0.4, -0.2) is 51.2 Å². The molecule has 1 saturated heterocycles. The van der Waals surface area contributed by atoms with E-state index in [1.54, 1.807) is 17.0 Å². The van der Waals surface area contributed by atoms with Crippen molar-refractivity contribution in [1.29, 1.82) is 0 Å². The van der Waals surface area contributed by atoms with Gasteiger partial charge in [-0.1, -0.05) is 0 Å². The summed E-state index contributed by atoms with van der Waals surface area (Å²) in [7, 11) is 0. The quantitative estimate of drug-likeness (QED) is 0.604. The van der Waals surface area contributed by atoms with Crippen molar-refractivity contribution < 1.29 is 22.7 Å². The number of likely N-dealkylation sites (tertiary alicyclic amines) is 1. The number of alkyl halides is 3. The summed E-state index contributed by atoms with van der Waals surface area (Å²) < 4.78 is 43.6. The number of carbonyl (C=O) groups excluding carboxylic acids is 1. The summed E-state index contributed by atoms with van der Waals surface area (Å²) in [6, 6.07) is 2.92. The molecule has 2 aromatic heterocycles. The minimum atomic E-state index is -4.57. The second-order valence-corrected chi connectivity index (χ2v) is 6.44. The first kappa shape index (κ1) is 20.5. The minimum Gasteiger partial charge on any atom is -0.471 e. The Morgan fingerprint density at radius 1 is 1.34 bits per heavy atom. The van der Waals surface area contributed by atoms with Gasteiger partial charge in [-0.15, -0.1) is 0 Å². The maximum atomic E-state index is 13.0. The van der Waals surface area contributed by atoms with Crippen molar-refractivity contribution in [3.63, 3.8) is 0 Å². The number of anilines is 1. The van der Waals surface area contributed by atoms with Crippen LogP contribution >= 0.6 is 0 Å². The van der Waals surface area contributed by atoms with E-state index < -0.39 is 18.0 Å². The van der Waals surface area contributed by atoms with E-state index in [1.165, 1.54) is 6.20 Å². The fourth-order valence-electron chi connectivity index (χ4n) is 3.13. The highest BCUT2D eigenvalue weighted by atomic mass is 19.4. The van der Waals surface area contributed by atoms with Gasteiger partial charge in [-0.2, -0.15) is 18.3 Å². The van der Waals surface area contributed by atoms with Crippen LogP contribution < -0.4 is 10.2 Å². The van der Waals surface area contributed by atoms with Gasteiger partial charge >= 0.3 is 6.18 Å². The lowest BCUT2D eigenvalue weighted by Gasteiger charge is -2.39. The zero-order chi connectivity index (χ0) is 21.0. The molecule has 0 aromatic carbocycles. The first-order chi connectivity index (χ1) is 13.8. The van der Waals surface area contributed by atoms with E-state index in [2.05, 4.69) is 32.2 Å². The molecule has 29 heavy (non-hydrogen) atoms. The zero-order valence-electron chi connectivity index (χ0n) is 15.6. The first-order valence-corrected chi connectivity index (χ1v) is 8.85. The maximum absolute atomic E-state index is 13.0. The molecule has 0 unspecified atom stereocenters. The van der Waals surface area contributed by atoms with Crippen LogP contribution in [0.25, 0.3) is 0 Å². The molecule has 154 valence electrons. The molecule has 0 aliphatic carbocycles. The normalized spacial score (nSPS) is 19.5. The summed E-state index contributed by atoms with van der Waals surface area (Å²) in [4.78, 5) is 25.8. The molecule has 1 fully saturated rings. The molecule has 1 N–H and O–H groups in total. The van der Waals surface area contributed by atoms with Gasteiger partial charge in [-0.25, -0.2) is 15.0 Å². The van der Waals surface area contributed by atoms with E-state index >= 15 is 0 Å². The van der Waals surface area contributed by atoms with E-state index in [-0.39, 0.29) is 23.6 Å². The molecule has 0 spiro atoms. The largest absolute Gasteiger partial charge is 0.471 e. The van der Waals surface area contributed by atoms with Crippen LogP contribution in [0.15, 0.2) is 35.8 Å². The number of hydrogen-bond acceptors (Lipinski definition) is 7. The number of nitrogens with zero attached hydrogens (tertiary/aromatic N) is 5. The molecule has 8 nitrogen and oxygen atoms in total. The van der Waals surface area contributed by atoms with Gasteiger partial charge in [-0.3, -0.25) is 10.2 Å². The van der Waals surface area contributed by atoms with Gasteiger partial charge in [-0.05, 0) is 31.9 Å². The maximum Gasteiger partial charge on any atom is 0.434 e. The lowest BCUT2D eigenvalue weighted by molar-refractivity contribution is -0.141. The van der Waals surface area contributed by atoms with Crippen LogP contribution in [-0.2, 0) is 6.18 Å². The van der Waals surface area contributed by atoms with Gasteiger partial charge < -0.3 is 9.64 Å². The average molecular weight is 408 g/mol. The van der Waals surface area contributed by atoms with E-state index in [0.29, 0.717) is 31.1 Å². The highest BCUT2D eigenvalue weighted by molar-refractivity contribution is 5.99. The van der Waals surface area contributed by atoms with Gasteiger partial charge in [0.1, 0.15) is 6.10 Å². The Kier molecular flexibility index (Phi) is 5.95. The standard InChI is InChI=1S/C18H19F3N6O2/c1-11-13(29-15-10-24-14(9-25-15)18(19,20)21)6-4-8-27(11)17(28)12-5-3-7-23-16(12)26-22-2/h3,5,7,9-11,13H,2,4,6,8H2,1H3,(H,23,26)/t11-,13+/m0/s1. The predicted molar refractivity (Wildman–Crippen MR) is 98.6 cm³/mol. The van der Waals surface area contributed by atoms with Crippen LogP contribution in [0.3, 0.4) is 0 Å². The van der Waals surface area contributed by atoms with E-state index in [0.717, 1.165) is 6.20 Å². The zero-order valence-corrected chi connectivity index (χ0v) is 15.6. The number of aromatic nitrogens is 3. The van der Waals surface area contributed by atoms with Gasteiger partial charge in [0.2, 0.25) is 5.88 Å². The summed E-state index contributed by atoms with van der Waals surface area (Å²) in [6.45, 7) is 5.66. The molecule has 0 saturated carbocycles.